The van der Waals surface area contributed by atoms with Crippen LogP contribution < -0.4 is 0 Å². The molecule has 0 radical (unpaired) electrons. The smallest absolute Gasteiger partial charge is 0.306 e. The summed E-state index contributed by atoms with van der Waals surface area (Å²) in [4.78, 5) is 33.9. The number of H-pyrrole nitrogens is 1. The van der Waals surface area contributed by atoms with Gasteiger partial charge in [0.15, 0.2) is 0 Å². The number of likely N-dealkylation sites (tertiary alicyclic amines) is 1. The Hall–Kier alpha value is -1.12. The molecule has 1 aromatic rings. The van der Waals surface area contributed by atoms with Crippen molar-refractivity contribution >= 4 is 34.5 Å². The Balaban J connectivity index is 2.16. The van der Waals surface area contributed by atoms with E-state index >= 15 is 0 Å². The summed E-state index contributed by atoms with van der Waals surface area (Å²) in [7, 11) is 1.35. The molecular weight excluding hydrogens is 397 g/mol. The predicted octanol–water partition coefficient (Wildman–Crippen LogP) is 2.51. The average Bonchev–Trinajstić information content (AvgIpc) is 3.11. The summed E-state index contributed by atoms with van der Waals surface area (Å²) in [6, 6.07) is -0.0186. The van der Waals surface area contributed by atoms with Crippen LogP contribution in [0.5, 0.6) is 0 Å². The van der Waals surface area contributed by atoms with Gasteiger partial charge in [-0.25, -0.2) is 4.98 Å². The number of imidazole rings is 1. The fourth-order valence-electron chi connectivity index (χ4n) is 2.88. The number of hydrogen-bond donors (Lipinski definition) is 1. The number of nitrogens with one attached hydrogen (secondary N) is 1. The highest BCUT2D eigenvalue weighted by Crippen LogP contribution is 2.33. The number of aromatic amines is 1. The van der Waals surface area contributed by atoms with E-state index in [-0.39, 0.29) is 36.2 Å². The van der Waals surface area contributed by atoms with Gasteiger partial charge >= 0.3 is 5.97 Å². The van der Waals surface area contributed by atoms with E-state index in [4.69, 9.17) is 4.74 Å². The van der Waals surface area contributed by atoms with Crippen LogP contribution >= 0.6 is 22.6 Å². The van der Waals surface area contributed by atoms with Gasteiger partial charge in [0.1, 0.15) is 5.82 Å². The number of amides is 1. The van der Waals surface area contributed by atoms with Crippen molar-refractivity contribution in [1.82, 2.24) is 14.9 Å². The Labute approximate surface area is 144 Å². The number of carbonyl (C=O) groups is 2. The van der Waals surface area contributed by atoms with Crippen molar-refractivity contribution in [3.8, 4) is 0 Å². The first kappa shape index (κ1) is 17.2. The molecule has 0 aliphatic carbocycles. The maximum absolute atomic E-state index is 12.9. The van der Waals surface area contributed by atoms with Gasteiger partial charge in [0.05, 0.1) is 35.4 Å². The molecule has 1 aromatic heterocycles. The zero-order chi connectivity index (χ0) is 16.3. The summed E-state index contributed by atoms with van der Waals surface area (Å²) in [5, 5.41) is 0. The Morgan fingerprint density at radius 1 is 1.55 bits per heavy atom. The van der Waals surface area contributed by atoms with Crippen molar-refractivity contribution in [1.29, 1.82) is 0 Å². The number of ether oxygens (including phenoxy) is 1. The van der Waals surface area contributed by atoms with Crippen molar-refractivity contribution in [2.24, 2.45) is 11.8 Å². The summed E-state index contributed by atoms with van der Waals surface area (Å²) >= 11 is 2.17. The molecule has 1 aliphatic heterocycles. The van der Waals surface area contributed by atoms with Crippen LogP contribution in [0.2, 0.25) is 0 Å². The fraction of sp³-hybridized carbons (Fsp3) is 0.667. The SMILES string of the molecule is COC(=O)C[C@H](C(=O)N1CCCC1c1ncc(I)[nH]1)C(C)C. The second-order valence-electron chi connectivity index (χ2n) is 5.94. The Kier molecular flexibility index (Phi) is 5.82. The average molecular weight is 419 g/mol. The van der Waals surface area contributed by atoms with E-state index in [0.29, 0.717) is 6.54 Å². The lowest BCUT2D eigenvalue weighted by Gasteiger charge is -2.29. The van der Waals surface area contributed by atoms with Crippen LogP contribution in [0.3, 0.4) is 0 Å². The van der Waals surface area contributed by atoms with E-state index in [2.05, 4.69) is 32.6 Å². The van der Waals surface area contributed by atoms with Crippen LogP contribution in [0.25, 0.3) is 0 Å². The maximum Gasteiger partial charge on any atom is 0.306 e. The van der Waals surface area contributed by atoms with E-state index < -0.39 is 0 Å². The lowest BCUT2D eigenvalue weighted by molar-refractivity contribution is -0.148. The molecule has 2 rings (SSSR count). The van der Waals surface area contributed by atoms with Crippen molar-refractivity contribution in [2.45, 2.75) is 39.2 Å². The zero-order valence-corrected chi connectivity index (χ0v) is 15.3. The molecule has 1 aliphatic rings. The van der Waals surface area contributed by atoms with Gasteiger partial charge in [-0.2, -0.15) is 0 Å². The number of carbonyl (C=O) groups excluding carboxylic acids is 2. The lowest BCUT2D eigenvalue weighted by Crippen LogP contribution is -2.39. The third-order valence-corrected chi connectivity index (χ3v) is 4.70. The molecule has 2 heterocycles. The number of hydrogen-bond acceptors (Lipinski definition) is 4. The summed E-state index contributed by atoms with van der Waals surface area (Å²) in [5.41, 5.74) is 0. The minimum Gasteiger partial charge on any atom is -0.469 e. The van der Waals surface area contributed by atoms with E-state index in [9.17, 15) is 9.59 Å². The molecule has 1 saturated heterocycles. The molecule has 1 fully saturated rings. The highest BCUT2D eigenvalue weighted by molar-refractivity contribution is 14.1. The molecular formula is C15H22IN3O3. The van der Waals surface area contributed by atoms with Crippen molar-refractivity contribution < 1.29 is 14.3 Å². The van der Waals surface area contributed by atoms with Crippen LogP contribution in [0, 0.1) is 15.5 Å². The Morgan fingerprint density at radius 3 is 2.82 bits per heavy atom. The molecule has 0 saturated carbocycles. The zero-order valence-electron chi connectivity index (χ0n) is 13.1. The molecule has 0 spiro atoms. The van der Waals surface area contributed by atoms with E-state index in [1.165, 1.54) is 7.11 Å². The minimum absolute atomic E-state index is 0.0186. The quantitative estimate of drug-likeness (QED) is 0.588. The molecule has 7 heteroatoms. The molecule has 0 aromatic carbocycles. The first-order valence-electron chi connectivity index (χ1n) is 7.51. The highest BCUT2D eigenvalue weighted by Gasteiger charge is 2.37. The summed E-state index contributed by atoms with van der Waals surface area (Å²) < 4.78 is 5.69. The van der Waals surface area contributed by atoms with E-state index in [0.717, 1.165) is 22.4 Å². The standard InChI is InChI=1S/C15H22IN3O3/c1-9(2)10(7-13(20)22-3)15(21)19-6-4-5-11(19)14-17-8-12(16)18-14/h8-11H,4-7H2,1-3H3,(H,17,18)/t10-,11?/m0/s1. The number of nitrogens with zero attached hydrogens (tertiary/aromatic N) is 2. The van der Waals surface area contributed by atoms with Crippen LogP contribution in [-0.4, -0.2) is 40.4 Å². The third-order valence-electron chi connectivity index (χ3n) is 4.15. The maximum atomic E-state index is 12.9. The molecule has 1 N–H and O–H groups in total. The van der Waals surface area contributed by atoms with Crippen LogP contribution in [-0.2, 0) is 14.3 Å². The normalized spacial score (nSPS) is 19.5. The summed E-state index contributed by atoms with van der Waals surface area (Å²) in [5.74, 6) is 0.257. The number of halogens is 1. The molecule has 22 heavy (non-hydrogen) atoms. The molecule has 1 unspecified atom stereocenters. The van der Waals surface area contributed by atoms with Gasteiger partial charge in [-0.1, -0.05) is 13.8 Å². The number of rotatable bonds is 5. The summed E-state index contributed by atoms with van der Waals surface area (Å²) in [6.45, 7) is 4.64. The monoisotopic (exact) mass is 419 g/mol. The second-order valence-corrected chi connectivity index (χ2v) is 7.10. The van der Waals surface area contributed by atoms with Gasteiger partial charge in [0.2, 0.25) is 5.91 Å². The minimum atomic E-state index is -0.345. The van der Waals surface area contributed by atoms with Gasteiger partial charge in [-0.05, 0) is 41.4 Å². The highest BCUT2D eigenvalue weighted by atomic mass is 127. The molecule has 1 amide bonds. The first-order chi connectivity index (χ1) is 10.4. The third kappa shape index (κ3) is 3.80. The number of methoxy groups -OCH3 is 1. The van der Waals surface area contributed by atoms with Crippen LogP contribution in [0.4, 0.5) is 0 Å². The fourth-order valence-corrected chi connectivity index (χ4v) is 3.30. The number of esters is 1. The molecule has 122 valence electrons. The van der Waals surface area contributed by atoms with E-state index in [1.54, 1.807) is 6.20 Å². The molecule has 6 nitrogen and oxygen atoms in total. The topological polar surface area (TPSA) is 75.3 Å². The Bertz CT molecular complexity index is 544. The van der Waals surface area contributed by atoms with E-state index in [1.807, 2.05) is 18.7 Å². The largest absolute Gasteiger partial charge is 0.469 e. The van der Waals surface area contributed by atoms with Gasteiger partial charge in [-0.15, -0.1) is 0 Å². The van der Waals surface area contributed by atoms with Crippen LogP contribution in [0.1, 0.15) is 45.0 Å². The van der Waals surface area contributed by atoms with Gasteiger partial charge in [0.25, 0.3) is 0 Å². The second kappa shape index (κ2) is 7.43. The van der Waals surface area contributed by atoms with Crippen molar-refractivity contribution in [3.63, 3.8) is 0 Å². The molecule has 2 atom stereocenters. The Morgan fingerprint density at radius 2 is 2.27 bits per heavy atom. The van der Waals surface area contributed by atoms with Crippen molar-refractivity contribution in [3.05, 3.63) is 15.7 Å². The van der Waals surface area contributed by atoms with Crippen molar-refractivity contribution in [2.75, 3.05) is 13.7 Å². The summed E-state index contributed by atoms with van der Waals surface area (Å²) in [6.07, 6.45) is 3.76. The van der Waals surface area contributed by atoms with Gasteiger partial charge in [-0.3, -0.25) is 9.59 Å². The van der Waals surface area contributed by atoms with Crippen LogP contribution in [0.15, 0.2) is 6.20 Å². The first-order valence-corrected chi connectivity index (χ1v) is 8.59. The van der Waals surface area contributed by atoms with Gasteiger partial charge < -0.3 is 14.6 Å². The predicted molar refractivity (Wildman–Crippen MR) is 90.0 cm³/mol. The lowest BCUT2D eigenvalue weighted by atomic mass is 9.91. The molecule has 0 bridgehead atoms. The number of aromatic nitrogens is 2. The van der Waals surface area contributed by atoms with Gasteiger partial charge in [0, 0.05) is 6.54 Å².